The predicted octanol–water partition coefficient (Wildman–Crippen LogP) is 2.55. The van der Waals surface area contributed by atoms with E-state index in [1.54, 1.807) is 12.5 Å². The molecule has 3 N–H and O–H groups in total. The average Bonchev–Trinajstić information content (AvgIpc) is 2.40. The quantitative estimate of drug-likeness (QED) is 0.792. The molecule has 0 spiro atoms. The maximum Gasteiger partial charge on any atom is 0.129 e. The Kier molecular flexibility index (Phi) is 2.84. The zero-order valence-corrected chi connectivity index (χ0v) is 10.1. The van der Waals surface area contributed by atoms with Crippen molar-refractivity contribution in [2.45, 2.75) is 25.3 Å². The van der Waals surface area contributed by atoms with Crippen LogP contribution in [0.3, 0.4) is 0 Å². The van der Waals surface area contributed by atoms with Crippen molar-refractivity contribution in [3.8, 4) is 0 Å². The Labute approximate surface area is 106 Å². The minimum atomic E-state index is 0.323. The first-order valence-corrected chi connectivity index (χ1v) is 6.24. The number of nitrogens with one attached hydrogen (secondary N) is 1. The fourth-order valence-corrected chi connectivity index (χ4v) is 2.54. The van der Waals surface area contributed by atoms with Gasteiger partial charge in [0.15, 0.2) is 0 Å². The molecule has 0 amide bonds. The molecule has 1 atom stereocenters. The van der Waals surface area contributed by atoms with Crippen molar-refractivity contribution in [1.82, 2.24) is 9.97 Å². The number of aromatic nitrogens is 2. The van der Waals surface area contributed by atoms with Gasteiger partial charge < -0.3 is 11.1 Å². The summed E-state index contributed by atoms with van der Waals surface area (Å²) in [6.45, 7) is 0. The summed E-state index contributed by atoms with van der Waals surface area (Å²) in [5.74, 6) is 0.875. The first-order chi connectivity index (χ1) is 8.83. The molecule has 0 saturated carbocycles. The van der Waals surface area contributed by atoms with Crippen molar-refractivity contribution < 1.29 is 0 Å². The largest absolute Gasteiger partial charge is 0.399 e. The number of hydrogen-bond donors (Lipinski definition) is 2. The molecule has 1 aromatic heterocycles. The summed E-state index contributed by atoms with van der Waals surface area (Å²) in [6.07, 6.45) is 6.74. The van der Waals surface area contributed by atoms with Crippen molar-refractivity contribution in [2.24, 2.45) is 0 Å². The summed E-state index contributed by atoms with van der Waals surface area (Å²) in [4.78, 5) is 8.14. The molecule has 1 aliphatic rings. The highest BCUT2D eigenvalue weighted by atomic mass is 15.0. The number of nitrogens with two attached hydrogens (primary N) is 1. The van der Waals surface area contributed by atoms with Crippen LogP contribution >= 0.6 is 0 Å². The molecule has 4 nitrogen and oxygen atoms in total. The van der Waals surface area contributed by atoms with Crippen LogP contribution < -0.4 is 11.1 Å². The average molecular weight is 240 g/mol. The number of nitrogens with zero attached hydrogens (tertiary/aromatic N) is 2. The van der Waals surface area contributed by atoms with E-state index in [0.29, 0.717) is 6.04 Å². The second-order valence-corrected chi connectivity index (χ2v) is 4.64. The van der Waals surface area contributed by atoms with Crippen LogP contribution in [0.5, 0.6) is 0 Å². The van der Waals surface area contributed by atoms with E-state index >= 15 is 0 Å². The number of benzene rings is 1. The Morgan fingerprint density at radius 2 is 2.22 bits per heavy atom. The van der Waals surface area contributed by atoms with Crippen LogP contribution in [-0.4, -0.2) is 9.97 Å². The molecular formula is C14H16N4. The summed E-state index contributed by atoms with van der Waals surface area (Å²) < 4.78 is 0. The lowest BCUT2D eigenvalue weighted by Gasteiger charge is -2.27. The minimum Gasteiger partial charge on any atom is -0.399 e. The maximum atomic E-state index is 5.84. The van der Waals surface area contributed by atoms with Crippen molar-refractivity contribution in [1.29, 1.82) is 0 Å². The van der Waals surface area contributed by atoms with E-state index < -0.39 is 0 Å². The van der Waals surface area contributed by atoms with Crippen LogP contribution in [0, 0.1) is 0 Å². The van der Waals surface area contributed by atoms with E-state index in [9.17, 15) is 0 Å². The number of anilines is 2. The smallest absolute Gasteiger partial charge is 0.129 e. The van der Waals surface area contributed by atoms with Crippen LogP contribution in [0.4, 0.5) is 11.5 Å². The zero-order chi connectivity index (χ0) is 12.4. The molecule has 0 fully saturated rings. The van der Waals surface area contributed by atoms with Crippen LogP contribution in [0.2, 0.25) is 0 Å². The van der Waals surface area contributed by atoms with Crippen LogP contribution in [-0.2, 0) is 6.42 Å². The monoisotopic (exact) mass is 240 g/mol. The first kappa shape index (κ1) is 11.0. The molecule has 1 aromatic carbocycles. The molecule has 0 radical (unpaired) electrons. The van der Waals surface area contributed by atoms with Crippen molar-refractivity contribution in [3.63, 3.8) is 0 Å². The summed E-state index contributed by atoms with van der Waals surface area (Å²) >= 11 is 0. The fourth-order valence-electron chi connectivity index (χ4n) is 2.54. The van der Waals surface area contributed by atoms with E-state index in [1.807, 2.05) is 12.1 Å². The highest BCUT2D eigenvalue weighted by Gasteiger charge is 2.20. The number of nitrogen functional groups attached to an aromatic ring is 1. The first-order valence-electron chi connectivity index (χ1n) is 6.24. The Hall–Kier alpha value is -2.10. The summed E-state index contributed by atoms with van der Waals surface area (Å²) in [6, 6.07) is 8.40. The second kappa shape index (κ2) is 4.64. The summed E-state index contributed by atoms with van der Waals surface area (Å²) in [7, 11) is 0. The molecule has 0 saturated heterocycles. The number of aryl methyl sites for hydroxylation is 1. The Morgan fingerprint density at radius 1 is 1.28 bits per heavy atom. The number of fused-ring (bicyclic) bond motifs is 1. The SMILES string of the molecule is Nc1ccc2c(c1)CCCC2Nc1ccncn1. The van der Waals surface area contributed by atoms with Gasteiger partial charge in [0.2, 0.25) is 0 Å². The van der Waals surface area contributed by atoms with Gasteiger partial charge in [-0.05, 0) is 48.6 Å². The van der Waals surface area contributed by atoms with Crippen molar-refractivity contribution in [2.75, 3.05) is 11.1 Å². The molecule has 2 aromatic rings. The van der Waals surface area contributed by atoms with Gasteiger partial charge in [0.1, 0.15) is 12.1 Å². The standard InChI is InChI=1S/C14H16N4/c15-11-4-5-12-10(8-11)2-1-3-13(12)18-14-6-7-16-9-17-14/h4-9,13H,1-3,15H2,(H,16,17,18). The highest BCUT2D eigenvalue weighted by Crippen LogP contribution is 2.32. The van der Waals surface area contributed by atoms with Crippen LogP contribution in [0.15, 0.2) is 36.8 Å². The van der Waals surface area contributed by atoms with Gasteiger partial charge in [-0.25, -0.2) is 9.97 Å². The lowest BCUT2D eigenvalue weighted by molar-refractivity contribution is 0.598. The Morgan fingerprint density at radius 3 is 3.06 bits per heavy atom. The zero-order valence-electron chi connectivity index (χ0n) is 10.1. The molecule has 4 heteroatoms. The molecule has 92 valence electrons. The van der Waals surface area contributed by atoms with Gasteiger partial charge >= 0.3 is 0 Å². The molecular weight excluding hydrogens is 224 g/mol. The van der Waals surface area contributed by atoms with E-state index in [4.69, 9.17) is 5.73 Å². The van der Waals surface area contributed by atoms with Gasteiger partial charge in [-0.3, -0.25) is 0 Å². The highest BCUT2D eigenvalue weighted by molar-refractivity contribution is 5.49. The Balaban J connectivity index is 1.87. The molecule has 3 rings (SSSR count). The maximum absolute atomic E-state index is 5.84. The number of hydrogen-bond acceptors (Lipinski definition) is 4. The normalized spacial score (nSPS) is 18.1. The second-order valence-electron chi connectivity index (χ2n) is 4.64. The lowest BCUT2D eigenvalue weighted by Crippen LogP contribution is -2.18. The van der Waals surface area contributed by atoms with Gasteiger partial charge in [-0.15, -0.1) is 0 Å². The van der Waals surface area contributed by atoms with Crippen molar-refractivity contribution >= 4 is 11.5 Å². The van der Waals surface area contributed by atoms with E-state index in [1.165, 1.54) is 17.5 Å². The number of rotatable bonds is 2. The minimum absolute atomic E-state index is 0.323. The van der Waals surface area contributed by atoms with Gasteiger partial charge in [-0.2, -0.15) is 0 Å². The predicted molar refractivity (Wildman–Crippen MR) is 72.2 cm³/mol. The van der Waals surface area contributed by atoms with Gasteiger partial charge in [0, 0.05) is 11.9 Å². The van der Waals surface area contributed by atoms with Crippen molar-refractivity contribution in [3.05, 3.63) is 47.9 Å². The van der Waals surface area contributed by atoms with Gasteiger partial charge in [0.05, 0.1) is 6.04 Å². The third-order valence-electron chi connectivity index (χ3n) is 3.39. The van der Waals surface area contributed by atoms with E-state index in [2.05, 4.69) is 27.4 Å². The van der Waals surface area contributed by atoms with Gasteiger partial charge in [0.25, 0.3) is 0 Å². The molecule has 1 unspecified atom stereocenters. The fraction of sp³-hybridized carbons (Fsp3) is 0.286. The lowest BCUT2D eigenvalue weighted by atomic mass is 9.87. The topological polar surface area (TPSA) is 63.8 Å². The van der Waals surface area contributed by atoms with Gasteiger partial charge in [-0.1, -0.05) is 6.07 Å². The molecule has 0 bridgehead atoms. The molecule has 0 aliphatic heterocycles. The third-order valence-corrected chi connectivity index (χ3v) is 3.39. The van der Waals surface area contributed by atoms with Crippen LogP contribution in [0.25, 0.3) is 0 Å². The van der Waals surface area contributed by atoms with E-state index in [0.717, 1.165) is 24.3 Å². The molecule has 18 heavy (non-hydrogen) atoms. The third kappa shape index (κ3) is 2.14. The molecule has 1 aliphatic carbocycles. The summed E-state index contributed by atoms with van der Waals surface area (Å²) in [5, 5.41) is 3.46. The molecule has 1 heterocycles. The van der Waals surface area contributed by atoms with Crippen LogP contribution in [0.1, 0.15) is 30.0 Å². The Bertz CT molecular complexity index is 539. The van der Waals surface area contributed by atoms with E-state index in [-0.39, 0.29) is 0 Å². The summed E-state index contributed by atoms with van der Waals surface area (Å²) in [5.41, 5.74) is 9.38.